The van der Waals surface area contributed by atoms with Gasteiger partial charge < -0.3 is 10.6 Å². The number of benzene rings is 4. The standard InChI is InChI=1S/C27H23N3O13S3/c1-13-9-14(2)25(29-26(31)16-5-4-6-17(10-16)30(33)34)15(3)23(13)27(32)28-20-7-8-21(45(36,37)38)19-11-18(44-43-42-35)12-22(24(19)20)46(39,40)41/h4-12,35H,1-3H3,(H,28,32)(H,29,31)(H,36,37,38)(H,39,40,41). The van der Waals surface area contributed by atoms with Crippen LogP contribution in [-0.2, 0) is 29.6 Å². The second kappa shape index (κ2) is 13.1. The number of non-ortho nitro benzene ring substituents is 1. The van der Waals surface area contributed by atoms with Crippen LogP contribution in [0.5, 0.6) is 0 Å². The van der Waals surface area contributed by atoms with Gasteiger partial charge in [-0.15, -0.1) is 4.33 Å². The van der Waals surface area contributed by atoms with Gasteiger partial charge in [0.05, 0.1) is 22.7 Å². The largest absolute Gasteiger partial charge is 0.321 e. The summed E-state index contributed by atoms with van der Waals surface area (Å²) in [5, 5.41) is 27.3. The number of nitro benzene ring substituents is 1. The molecule has 0 heterocycles. The van der Waals surface area contributed by atoms with Crippen molar-refractivity contribution in [2.24, 2.45) is 0 Å². The molecule has 0 aromatic heterocycles. The summed E-state index contributed by atoms with van der Waals surface area (Å²) >= 11 is 0.234. The van der Waals surface area contributed by atoms with Crippen LogP contribution >= 0.6 is 12.0 Å². The minimum atomic E-state index is -5.13. The molecule has 0 unspecified atom stereocenters. The maximum absolute atomic E-state index is 13.7. The molecule has 0 atom stereocenters. The third-order valence-corrected chi connectivity index (χ3v) is 9.08. The Kier molecular flexibility index (Phi) is 9.80. The van der Waals surface area contributed by atoms with Gasteiger partial charge in [0.25, 0.3) is 37.7 Å². The number of anilines is 2. The number of carbonyl (C=O) groups is 2. The molecule has 16 nitrogen and oxygen atoms in total. The number of hydrogen-bond acceptors (Lipinski definition) is 12. The van der Waals surface area contributed by atoms with Crippen LogP contribution in [-0.4, -0.2) is 47.9 Å². The number of aryl methyl sites for hydroxylation is 2. The maximum Gasteiger partial charge on any atom is 0.295 e. The number of carbonyl (C=O) groups excluding carboxylic acids is 2. The van der Waals surface area contributed by atoms with Crippen LogP contribution in [0.3, 0.4) is 0 Å². The summed E-state index contributed by atoms with van der Waals surface area (Å²) < 4.78 is 73.4. The van der Waals surface area contributed by atoms with Crippen LogP contribution in [0.25, 0.3) is 10.8 Å². The fourth-order valence-electron chi connectivity index (χ4n) is 4.89. The first-order valence-electron chi connectivity index (χ1n) is 12.6. The van der Waals surface area contributed by atoms with E-state index in [-0.39, 0.29) is 50.7 Å². The lowest BCUT2D eigenvalue weighted by Gasteiger charge is -2.19. The summed E-state index contributed by atoms with van der Waals surface area (Å²) in [7, 11) is -10.1. The van der Waals surface area contributed by atoms with Crippen molar-refractivity contribution < 1.29 is 55.1 Å². The van der Waals surface area contributed by atoms with E-state index in [1.54, 1.807) is 19.9 Å². The minimum absolute atomic E-state index is 0.0174. The number of fused-ring (bicyclic) bond motifs is 1. The second-order valence-electron chi connectivity index (χ2n) is 9.73. The van der Waals surface area contributed by atoms with Crippen molar-refractivity contribution in [3.8, 4) is 0 Å². The van der Waals surface area contributed by atoms with E-state index in [2.05, 4.69) is 20.0 Å². The van der Waals surface area contributed by atoms with E-state index < -0.39 is 57.5 Å². The van der Waals surface area contributed by atoms with Gasteiger partial charge in [0.15, 0.2) is 0 Å². The highest BCUT2D eigenvalue weighted by molar-refractivity contribution is 7.94. The first kappa shape index (κ1) is 34.4. The van der Waals surface area contributed by atoms with E-state index in [0.717, 1.165) is 30.3 Å². The average molecular weight is 694 g/mol. The molecule has 0 saturated carbocycles. The molecule has 2 amide bonds. The van der Waals surface area contributed by atoms with Crippen molar-refractivity contribution in [1.29, 1.82) is 0 Å². The summed E-state index contributed by atoms with van der Waals surface area (Å²) in [6, 6.07) is 10.4. The quantitative estimate of drug-likeness (QED) is 0.0477. The highest BCUT2D eigenvalue weighted by Gasteiger charge is 2.27. The predicted molar refractivity (Wildman–Crippen MR) is 164 cm³/mol. The lowest BCUT2D eigenvalue weighted by molar-refractivity contribution is -0.432. The van der Waals surface area contributed by atoms with Gasteiger partial charge in [0, 0.05) is 44.6 Å². The van der Waals surface area contributed by atoms with Gasteiger partial charge in [-0.25, -0.2) is 5.26 Å². The van der Waals surface area contributed by atoms with Crippen LogP contribution in [0, 0.1) is 30.9 Å². The van der Waals surface area contributed by atoms with Crippen molar-refractivity contribution in [3.63, 3.8) is 0 Å². The van der Waals surface area contributed by atoms with Gasteiger partial charge in [0.1, 0.15) is 9.79 Å². The average Bonchev–Trinajstić information content (AvgIpc) is 2.96. The zero-order chi connectivity index (χ0) is 34.1. The Labute approximate surface area is 265 Å². The topological polar surface area (TPSA) is 249 Å². The molecule has 4 rings (SSSR count). The van der Waals surface area contributed by atoms with Crippen molar-refractivity contribution in [3.05, 3.63) is 92.5 Å². The molecule has 19 heteroatoms. The molecule has 0 aliphatic rings. The number of hydrogen-bond donors (Lipinski definition) is 5. The number of amides is 2. The molecule has 0 fully saturated rings. The van der Waals surface area contributed by atoms with Crippen molar-refractivity contribution in [1.82, 2.24) is 0 Å². The van der Waals surface area contributed by atoms with Crippen LogP contribution in [0.15, 0.2) is 69.3 Å². The Balaban J connectivity index is 1.84. The molecule has 4 aromatic carbocycles. The van der Waals surface area contributed by atoms with Crippen LogP contribution < -0.4 is 10.6 Å². The molecule has 242 valence electrons. The summed E-state index contributed by atoms with van der Waals surface area (Å²) in [6.07, 6.45) is 0. The minimum Gasteiger partial charge on any atom is -0.321 e. The lowest BCUT2D eigenvalue weighted by Crippen LogP contribution is -2.20. The lowest BCUT2D eigenvalue weighted by atomic mass is 9.96. The SMILES string of the molecule is Cc1cc(C)c(C(=O)Nc2ccc(S(=O)(=O)O)c3cc(SOOO)cc(S(=O)(=O)O)c23)c(C)c1NC(=O)c1cccc([N+](=O)[O-])c1. The van der Waals surface area contributed by atoms with Crippen LogP contribution in [0.2, 0.25) is 0 Å². The third-order valence-electron chi connectivity index (χ3n) is 6.73. The third kappa shape index (κ3) is 7.16. The molecule has 0 bridgehead atoms. The van der Waals surface area contributed by atoms with Crippen molar-refractivity contribution >= 4 is 71.9 Å². The van der Waals surface area contributed by atoms with Crippen LogP contribution in [0.4, 0.5) is 17.1 Å². The molecular weight excluding hydrogens is 671 g/mol. The zero-order valence-electron chi connectivity index (χ0n) is 23.8. The summed E-state index contributed by atoms with van der Waals surface area (Å²) in [5.74, 6) is -1.53. The monoisotopic (exact) mass is 693 g/mol. The Hall–Kier alpha value is -4.47. The van der Waals surface area contributed by atoms with Crippen molar-refractivity contribution in [2.45, 2.75) is 35.5 Å². The van der Waals surface area contributed by atoms with E-state index >= 15 is 0 Å². The summed E-state index contributed by atoms with van der Waals surface area (Å²) in [6.45, 7) is 4.77. The Morgan fingerprint density at radius 1 is 0.870 bits per heavy atom. The number of nitro groups is 1. The highest BCUT2D eigenvalue weighted by Crippen LogP contribution is 2.39. The van der Waals surface area contributed by atoms with E-state index in [0.29, 0.717) is 11.1 Å². The highest BCUT2D eigenvalue weighted by atomic mass is 32.2. The van der Waals surface area contributed by atoms with Crippen molar-refractivity contribution in [2.75, 3.05) is 10.6 Å². The van der Waals surface area contributed by atoms with Gasteiger partial charge in [-0.2, -0.15) is 16.8 Å². The molecule has 0 aliphatic carbocycles. The van der Waals surface area contributed by atoms with E-state index in [1.165, 1.54) is 25.1 Å². The molecule has 4 aromatic rings. The van der Waals surface area contributed by atoms with E-state index in [1.807, 2.05) is 0 Å². The first-order chi connectivity index (χ1) is 21.4. The molecular formula is C27H23N3O13S3. The smallest absolute Gasteiger partial charge is 0.295 e. The molecule has 0 spiro atoms. The number of nitrogens with zero attached hydrogens (tertiary/aromatic N) is 1. The molecule has 0 saturated heterocycles. The summed E-state index contributed by atoms with van der Waals surface area (Å²) in [4.78, 5) is 35.4. The Bertz CT molecular complexity index is 2150. The van der Waals surface area contributed by atoms with Gasteiger partial charge in [0.2, 0.25) is 0 Å². The Morgan fingerprint density at radius 3 is 2.15 bits per heavy atom. The van der Waals surface area contributed by atoms with E-state index in [9.17, 15) is 45.6 Å². The fraction of sp³-hybridized carbons (Fsp3) is 0.111. The van der Waals surface area contributed by atoms with E-state index in [4.69, 9.17) is 5.26 Å². The zero-order valence-corrected chi connectivity index (χ0v) is 26.2. The number of rotatable bonds is 10. The van der Waals surface area contributed by atoms with Gasteiger partial charge in [-0.3, -0.25) is 28.8 Å². The van der Waals surface area contributed by atoms with Crippen LogP contribution in [0.1, 0.15) is 37.4 Å². The fourth-order valence-corrected chi connectivity index (χ4v) is 6.84. The maximum atomic E-state index is 13.7. The first-order valence-corrected chi connectivity index (χ1v) is 16.2. The van der Waals surface area contributed by atoms with Gasteiger partial charge in [-0.1, -0.05) is 17.2 Å². The summed E-state index contributed by atoms with van der Waals surface area (Å²) in [5.41, 5.74) is 0.861. The number of nitrogens with one attached hydrogen (secondary N) is 2. The Morgan fingerprint density at radius 2 is 1.54 bits per heavy atom. The molecule has 0 aliphatic heterocycles. The second-order valence-corrected chi connectivity index (χ2v) is 13.3. The molecule has 46 heavy (non-hydrogen) atoms. The van der Waals surface area contributed by atoms with Gasteiger partial charge in [-0.05, 0) is 67.8 Å². The molecule has 5 N–H and O–H groups in total. The van der Waals surface area contributed by atoms with Gasteiger partial charge >= 0.3 is 0 Å². The predicted octanol–water partition coefficient (Wildman–Crippen LogP) is 5.10. The normalized spacial score (nSPS) is 11.8. The molecule has 0 radical (unpaired) electrons.